The molecule has 4 unspecified atom stereocenters. The molecule has 1 fully saturated rings. The Labute approximate surface area is 144 Å². The summed E-state index contributed by atoms with van der Waals surface area (Å²) in [5, 5.41) is 11.5. The van der Waals surface area contributed by atoms with Gasteiger partial charge < -0.3 is 14.3 Å². The van der Waals surface area contributed by atoms with E-state index in [2.05, 4.69) is 13.8 Å². The third-order valence-corrected chi connectivity index (χ3v) is 6.44. The number of rotatable bonds is 3. The number of hydrogen-bond acceptors (Lipinski definition) is 4. The van der Waals surface area contributed by atoms with Crippen molar-refractivity contribution in [1.29, 1.82) is 0 Å². The molecule has 1 saturated carbocycles. The molecule has 0 radical (unpaired) electrons. The summed E-state index contributed by atoms with van der Waals surface area (Å²) in [7, 11) is 0. The number of esters is 1. The van der Waals surface area contributed by atoms with E-state index in [0.29, 0.717) is 12.8 Å². The van der Waals surface area contributed by atoms with Crippen LogP contribution in [0, 0.1) is 24.2 Å². The molecule has 0 amide bonds. The van der Waals surface area contributed by atoms with Crippen molar-refractivity contribution in [3.8, 4) is 0 Å². The highest BCUT2D eigenvalue weighted by Crippen LogP contribution is 2.61. The average Bonchev–Trinajstić information content (AvgIpc) is 2.82. The Morgan fingerprint density at radius 2 is 2.21 bits per heavy atom. The quantitative estimate of drug-likeness (QED) is 0.836. The number of furan rings is 1. The van der Waals surface area contributed by atoms with Crippen molar-refractivity contribution < 1.29 is 19.1 Å². The highest BCUT2D eigenvalue weighted by atomic mass is 16.5. The Kier molecular flexibility index (Phi) is 4.31. The van der Waals surface area contributed by atoms with Gasteiger partial charge in [-0.1, -0.05) is 34.1 Å². The first-order valence-corrected chi connectivity index (χ1v) is 9.17. The summed E-state index contributed by atoms with van der Waals surface area (Å²) in [6, 6.07) is 0. The molecule has 4 atom stereocenters. The van der Waals surface area contributed by atoms with Gasteiger partial charge in [-0.2, -0.15) is 0 Å². The van der Waals surface area contributed by atoms with Crippen LogP contribution in [0.3, 0.4) is 0 Å². The largest absolute Gasteiger partial charge is 0.469 e. The summed E-state index contributed by atoms with van der Waals surface area (Å²) in [5.74, 6) is 1.12. The second-order valence-corrected chi connectivity index (χ2v) is 8.51. The van der Waals surface area contributed by atoms with Gasteiger partial charge in [-0.15, -0.1) is 0 Å². The van der Waals surface area contributed by atoms with Crippen LogP contribution in [0.2, 0.25) is 0 Å². The zero-order valence-electron chi connectivity index (χ0n) is 15.5. The average molecular weight is 334 g/mol. The van der Waals surface area contributed by atoms with E-state index in [4.69, 9.17) is 9.15 Å². The zero-order valence-corrected chi connectivity index (χ0v) is 15.5. The molecule has 134 valence electrons. The maximum atomic E-state index is 12.5. The van der Waals surface area contributed by atoms with Crippen molar-refractivity contribution in [2.75, 3.05) is 0 Å². The van der Waals surface area contributed by atoms with Crippen LogP contribution >= 0.6 is 0 Å². The van der Waals surface area contributed by atoms with Crippen LogP contribution in [0.25, 0.3) is 0 Å². The topological polar surface area (TPSA) is 59.7 Å². The van der Waals surface area contributed by atoms with Crippen LogP contribution in [-0.4, -0.2) is 16.7 Å². The Morgan fingerprint density at radius 1 is 1.50 bits per heavy atom. The molecule has 1 N–H and O–H groups in total. The van der Waals surface area contributed by atoms with Crippen molar-refractivity contribution in [2.24, 2.45) is 17.3 Å². The lowest BCUT2D eigenvalue weighted by molar-refractivity contribution is -0.213. The van der Waals surface area contributed by atoms with E-state index >= 15 is 0 Å². The van der Waals surface area contributed by atoms with Crippen LogP contribution in [0.1, 0.15) is 76.4 Å². The summed E-state index contributed by atoms with van der Waals surface area (Å²) < 4.78 is 11.7. The lowest BCUT2D eigenvalue weighted by Gasteiger charge is -2.57. The van der Waals surface area contributed by atoms with E-state index in [1.807, 2.05) is 20.8 Å². The number of hydrogen-bond donors (Lipinski definition) is 1. The Morgan fingerprint density at radius 3 is 2.88 bits per heavy atom. The van der Waals surface area contributed by atoms with Gasteiger partial charge in [0.05, 0.1) is 11.9 Å². The molecule has 24 heavy (non-hydrogen) atoms. The van der Waals surface area contributed by atoms with Gasteiger partial charge in [0.25, 0.3) is 0 Å². The first-order valence-electron chi connectivity index (χ1n) is 9.17. The van der Waals surface area contributed by atoms with Crippen molar-refractivity contribution >= 4 is 5.97 Å². The van der Waals surface area contributed by atoms with Crippen LogP contribution < -0.4 is 0 Å². The first-order chi connectivity index (χ1) is 11.2. The molecule has 2 aliphatic carbocycles. The minimum Gasteiger partial charge on any atom is -0.469 e. The molecule has 0 saturated heterocycles. The van der Waals surface area contributed by atoms with Crippen molar-refractivity contribution in [3.63, 3.8) is 0 Å². The minimum atomic E-state index is -0.884. The van der Waals surface area contributed by atoms with Crippen LogP contribution in [-0.2, 0) is 16.0 Å². The van der Waals surface area contributed by atoms with Gasteiger partial charge in [0.1, 0.15) is 11.9 Å². The molecule has 0 spiro atoms. The van der Waals surface area contributed by atoms with Gasteiger partial charge in [-0.3, -0.25) is 4.79 Å². The van der Waals surface area contributed by atoms with E-state index in [1.54, 1.807) is 6.26 Å². The number of carbonyl (C=O) groups is 1. The smallest absolute Gasteiger partial charge is 0.306 e. The number of ether oxygens (including phenoxy) is 1. The van der Waals surface area contributed by atoms with E-state index in [-0.39, 0.29) is 17.8 Å². The van der Waals surface area contributed by atoms with E-state index < -0.39 is 17.1 Å². The summed E-state index contributed by atoms with van der Waals surface area (Å²) in [5.41, 5.74) is 0.617. The molecule has 4 heteroatoms. The van der Waals surface area contributed by atoms with Crippen molar-refractivity contribution in [2.45, 2.75) is 78.4 Å². The van der Waals surface area contributed by atoms with Crippen LogP contribution in [0.15, 0.2) is 10.7 Å². The van der Waals surface area contributed by atoms with E-state index in [1.165, 1.54) is 0 Å². The van der Waals surface area contributed by atoms with Crippen LogP contribution in [0.5, 0.6) is 0 Å². The Balaban J connectivity index is 2.06. The van der Waals surface area contributed by atoms with Gasteiger partial charge >= 0.3 is 5.97 Å². The molecule has 0 bridgehead atoms. The van der Waals surface area contributed by atoms with Gasteiger partial charge in [0.2, 0.25) is 0 Å². The fraction of sp³-hybridized carbons (Fsp3) is 0.750. The summed E-state index contributed by atoms with van der Waals surface area (Å²) >= 11 is 0. The minimum absolute atomic E-state index is 0.190. The SMILES string of the molecule is Cc1coc2c1C(OC(=O)CC(C)C)C1(C)C(C)CCCC1(O)C2. The summed E-state index contributed by atoms with van der Waals surface area (Å²) in [4.78, 5) is 12.5. The predicted molar refractivity (Wildman–Crippen MR) is 91.5 cm³/mol. The fourth-order valence-corrected chi connectivity index (χ4v) is 4.77. The highest BCUT2D eigenvalue weighted by molar-refractivity contribution is 5.70. The third-order valence-electron chi connectivity index (χ3n) is 6.44. The molecular weight excluding hydrogens is 304 g/mol. The molecule has 1 aromatic heterocycles. The van der Waals surface area contributed by atoms with Crippen LogP contribution in [0.4, 0.5) is 0 Å². The number of aliphatic hydroxyl groups is 1. The first kappa shape index (κ1) is 17.5. The summed E-state index contributed by atoms with van der Waals surface area (Å²) in [6.45, 7) is 10.3. The molecule has 0 aromatic carbocycles. The van der Waals surface area contributed by atoms with Crippen molar-refractivity contribution in [1.82, 2.24) is 0 Å². The third kappa shape index (κ3) is 2.50. The standard InChI is InChI=1S/C20H30O4/c1-12(2)9-16(21)24-18-17-13(3)11-23-15(17)10-20(22)8-6-7-14(4)19(18,20)5/h11-12,14,18,22H,6-10H2,1-5H3. The molecule has 1 heterocycles. The fourth-order valence-electron chi connectivity index (χ4n) is 4.77. The zero-order chi connectivity index (χ0) is 17.7. The lowest BCUT2D eigenvalue weighted by Crippen LogP contribution is -2.60. The maximum absolute atomic E-state index is 12.5. The van der Waals surface area contributed by atoms with Gasteiger partial charge in [0, 0.05) is 23.8 Å². The molecule has 3 rings (SSSR count). The Hall–Kier alpha value is -1.29. The highest BCUT2D eigenvalue weighted by Gasteiger charge is 2.62. The molecule has 1 aromatic rings. The molecule has 2 aliphatic rings. The van der Waals surface area contributed by atoms with Crippen molar-refractivity contribution in [3.05, 3.63) is 23.2 Å². The Bertz CT molecular complexity index is 632. The maximum Gasteiger partial charge on any atom is 0.306 e. The molecular formula is C20H30O4. The van der Waals surface area contributed by atoms with Gasteiger partial charge in [-0.05, 0) is 37.2 Å². The second kappa shape index (κ2) is 5.91. The van der Waals surface area contributed by atoms with Gasteiger partial charge in [0.15, 0.2) is 0 Å². The predicted octanol–water partition coefficient (Wildman–Crippen LogP) is 4.33. The van der Waals surface area contributed by atoms with E-state index in [0.717, 1.165) is 36.1 Å². The molecule has 4 nitrogen and oxygen atoms in total. The van der Waals surface area contributed by atoms with E-state index in [9.17, 15) is 9.90 Å². The normalized spacial score (nSPS) is 35.5. The number of aryl methyl sites for hydroxylation is 1. The second-order valence-electron chi connectivity index (χ2n) is 8.51. The lowest BCUT2D eigenvalue weighted by atomic mass is 9.51. The summed E-state index contributed by atoms with van der Waals surface area (Å²) in [6.07, 6.45) is 4.96. The monoisotopic (exact) mass is 334 g/mol. The molecule has 0 aliphatic heterocycles. The number of carbonyl (C=O) groups excluding carboxylic acids is 1. The van der Waals surface area contributed by atoms with Gasteiger partial charge in [-0.25, -0.2) is 0 Å². The number of fused-ring (bicyclic) bond motifs is 2.